The number of aryl methyl sites for hydroxylation is 1. The van der Waals surface area contributed by atoms with E-state index in [2.05, 4.69) is 15.2 Å². The fraction of sp³-hybridized carbons (Fsp3) is 0.231. The molecule has 5 nitrogen and oxygen atoms in total. The van der Waals surface area contributed by atoms with E-state index in [4.69, 9.17) is 0 Å². The van der Waals surface area contributed by atoms with E-state index in [1.807, 2.05) is 6.92 Å². The maximum absolute atomic E-state index is 13.1. The number of rotatable bonds is 5. The van der Waals surface area contributed by atoms with Crippen LogP contribution in [0.5, 0.6) is 5.75 Å². The lowest BCUT2D eigenvalue weighted by atomic mass is 10.2. The molecule has 0 aliphatic carbocycles. The first-order valence-corrected chi connectivity index (χ1v) is 6.07. The zero-order chi connectivity index (χ0) is 15.4. The lowest BCUT2D eigenvalue weighted by Crippen LogP contribution is -2.13. The highest BCUT2D eigenvalue weighted by Gasteiger charge is 2.15. The van der Waals surface area contributed by atoms with E-state index in [1.165, 1.54) is 17.1 Å². The van der Waals surface area contributed by atoms with Crippen LogP contribution in [0.4, 0.5) is 18.9 Å². The molecule has 2 rings (SSSR count). The van der Waals surface area contributed by atoms with Gasteiger partial charge in [0.2, 0.25) is 0 Å². The Balaban J connectivity index is 2.20. The van der Waals surface area contributed by atoms with Crippen molar-refractivity contribution >= 4 is 11.6 Å². The van der Waals surface area contributed by atoms with E-state index in [0.717, 1.165) is 18.2 Å². The molecule has 8 heteroatoms. The second kappa shape index (κ2) is 6.29. The SMILES string of the molecule is CCn1cc(C(=O)Nc2ccc(F)cc2OC(F)F)cn1. The number of amides is 1. The molecule has 0 atom stereocenters. The normalized spacial score (nSPS) is 10.7. The van der Waals surface area contributed by atoms with Crippen molar-refractivity contribution in [1.29, 1.82) is 0 Å². The smallest absolute Gasteiger partial charge is 0.387 e. The summed E-state index contributed by atoms with van der Waals surface area (Å²) < 4.78 is 43.3. The average Bonchev–Trinajstić information content (AvgIpc) is 2.90. The van der Waals surface area contributed by atoms with Crippen molar-refractivity contribution in [2.45, 2.75) is 20.1 Å². The lowest BCUT2D eigenvalue weighted by molar-refractivity contribution is -0.0495. The molecule has 0 spiro atoms. The molecule has 2 aromatic rings. The number of carbonyl (C=O) groups excluding carboxylic acids is 1. The Morgan fingerprint density at radius 1 is 1.48 bits per heavy atom. The van der Waals surface area contributed by atoms with Crippen molar-refractivity contribution < 1.29 is 22.7 Å². The van der Waals surface area contributed by atoms with Gasteiger partial charge >= 0.3 is 6.61 Å². The van der Waals surface area contributed by atoms with Crippen molar-refractivity contribution in [2.75, 3.05) is 5.32 Å². The van der Waals surface area contributed by atoms with Gasteiger partial charge in [-0.3, -0.25) is 9.48 Å². The van der Waals surface area contributed by atoms with Crippen molar-refractivity contribution in [1.82, 2.24) is 9.78 Å². The van der Waals surface area contributed by atoms with E-state index in [-0.39, 0.29) is 11.3 Å². The van der Waals surface area contributed by atoms with Gasteiger partial charge in [-0.25, -0.2) is 4.39 Å². The molecular weight excluding hydrogens is 287 g/mol. The number of nitrogens with zero attached hydrogens (tertiary/aromatic N) is 2. The Labute approximate surface area is 118 Å². The molecule has 0 aliphatic heterocycles. The average molecular weight is 299 g/mol. The second-order valence-electron chi connectivity index (χ2n) is 4.06. The van der Waals surface area contributed by atoms with Gasteiger partial charge in [0.15, 0.2) is 5.75 Å². The van der Waals surface area contributed by atoms with E-state index in [1.54, 1.807) is 0 Å². The molecule has 0 radical (unpaired) electrons. The van der Waals surface area contributed by atoms with Gasteiger partial charge in [-0.2, -0.15) is 13.9 Å². The summed E-state index contributed by atoms with van der Waals surface area (Å²) in [6.45, 7) is -0.683. The van der Waals surface area contributed by atoms with Gasteiger partial charge in [-0.05, 0) is 19.1 Å². The minimum Gasteiger partial charge on any atom is -0.432 e. The van der Waals surface area contributed by atoms with Crippen LogP contribution >= 0.6 is 0 Å². The number of carbonyl (C=O) groups is 1. The monoisotopic (exact) mass is 299 g/mol. The third-order valence-corrected chi connectivity index (χ3v) is 2.63. The molecule has 1 aromatic heterocycles. The summed E-state index contributed by atoms with van der Waals surface area (Å²) in [6, 6.07) is 2.95. The molecule has 0 unspecified atom stereocenters. The maximum Gasteiger partial charge on any atom is 0.387 e. The Kier molecular flexibility index (Phi) is 4.46. The minimum atomic E-state index is -3.12. The number of halogens is 3. The van der Waals surface area contributed by atoms with Crippen LogP contribution in [-0.4, -0.2) is 22.3 Å². The fourth-order valence-electron chi connectivity index (χ4n) is 1.64. The van der Waals surface area contributed by atoms with Crippen LogP contribution in [0.3, 0.4) is 0 Å². The molecule has 0 aliphatic rings. The van der Waals surface area contributed by atoms with Crippen LogP contribution in [0.2, 0.25) is 0 Å². The molecular formula is C13H12F3N3O2. The Bertz CT molecular complexity index is 643. The van der Waals surface area contributed by atoms with Crippen LogP contribution in [0.1, 0.15) is 17.3 Å². The number of benzene rings is 1. The summed E-state index contributed by atoms with van der Waals surface area (Å²) in [6.07, 6.45) is 2.85. The van der Waals surface area contributed by atoms with Gasteiger partial charge in [0.25, 0.3) is 5.91 Å². The largest absolute Gasteiger partial charge is 0.432 e. The van der Waals surface area contributed by atoms with Crippen LogP contribution in [0, 0.1) is 5.82 Å². The lowest BCUT2D eigenvalue weighted by Gasteiger charge is -2.11. The topological polar surface area (TPSA) is 56.2 Å². The summed E-state index contributed by atoms with van der Waals surface area (Å²) in [7, 11) is 0. The third-order valence-electron chi connectivity index (χ3n) is 2.63. The van der Waals surface area contributed by atoms with E-state index < -0.39 is 24.1 Å². The molecule has 1 heterocycles. The maximum atomic E-state index is 13.1. The Hall–Kier alpha value is -2.51. The summed E-state index contributed by atoms with van der Waals surface area (Å²) in [5, 5.41) is 6.31. The number of alkyl halides is 2. The first-order chi connectivity index (χ1) is 9.99. The second-order valence-corrected chi connectivity index (χ2v) is 4.06. The van der Waals surface area contributed by atoms with Crippen molar-refractivity contribution in [2.24, 2.45) is 0 Å². The molecule has 0 fully saturated rings. The minimum absolute atomic E-state index is 0.0500. The fourth-order valence-corrected chi connectivity index (χ4v) is 1.64. The number of hydrogen-bond acceptors (Lipinski definition) is 3. The zero-order valence-corrected chi connectivity index (χ0v) is 11.0. The molecule has 0 bridgehead atoms. The van der Waals surface area contributed by atoms with Gasteiger partial charge < -0.3 is 10.1 Å². The van der Waals surface area contributed by atoms with Gasteiger partial charge in [0, 0.05) is 18.8 Å². The Morgan fingerprint density at radius 3 is 2.86 bits per heavy atom. The standard InChI is InChI=1S/C13H12F3N3O2/c1-2-19-7-8(6-17-19)12(20)18-10-4-3-9(14)5-11(10)21-13(15)16/h3-7,13H,2H2,1H3,(H,18,20). The van der Waals surface area contributed by atoms with Crippen molar-refractivity contribution in [3.63, 3.8) is 0 Å². The van der Waals surface area contributed by atoms with Gasteiger partial charge in [-0.1, -0.05) is 0 Å². The van der Waals surface area contributed by atoms with Crippen molar-refractivity contribution in [3.8, 4) is 5.75 Å². The molecule has 112 valence electrons. The van der Waals surface area contributed by atoms with Crippen LogP contribution in [0.25, 0.3) is 0 Å². The van der Waals surface area contributed by atoms with Crippen molar-refractivity contribution in [3.05, 3.63) is 42.0 Å². The summed E-state index contributed by atoms with van der Waals surface area (Å²) in [5.74, 6) is -1.75. The first kappa shape index (κ1) is 14.9. The van der Waals surface area contributed by atoms with Gasteiger partial charge in [0.1, 0.15) is 5.82 Å². The first-order valence-electron chi connectivity index (χ1n) is 6.07. The molecule has 1 aromatic carbocycles. The molecule has 1 N–H and O–H groups in total. The zero-order valence-electron chi connectivity index (χ0n) is 11.0. The molecule has 0 saturated heterocycles. The summed E-state index contributed by atoms with van der Waals surface area (Å²) in [5.41, 5.74) is 0.204. The predicted molar refractivity (Wildman–Crippen MR) is 68.9 cm³/mol. The third kappa shape index (κ3) is 3.74. The number of hydrogen-bond donors (Lipinski definition) is 1. The highest BCUT2D eigenvalue weighted by molar-refractivity contribution is 6.04. The number of aromatic nitrogens is 2. The molecule has 0 saturated carbocycles. The van der Waals surface area contributed by atoms with Crippen LogP contribution < -0.4 is 10.1 Å². The molecule has 1 amide bonds. The van der Waals surface area contributed by atoms with Gasteiger partial charge in [-0.15, -0.1) is 0 Å². The van der Waals surface area contributed by atoms with Crippen LogP contribution in [0.15, 0.2) is 30.6 Å². The van der Waals surface area contributed by atoms with E-state index >= 15 is 0 Å². The highest BCUT2D eigenvalue weighted by atomic mass is 19.3. The van der Waals surface area contributed by atoms with E-state index in [0.29, 0.717) is 6.54 Å². The number of anilines is 1. The summed E-state index contributed by atoms with van der Waals surface area (Å²) >= 11 is 0. The summed E-state index contributed by atoms with van der Waals surface area (Å²) in [4.78, 5) is 12.0. The number of ether oxygens (including phenoxy) is 1. The highest BCUT2D eigenvalue weighted by Crippen LogP contribution is 2.27. The molecule has 21 heavy (non-hydrogen) atoms. The quantitative estimate of drug-likeness (QED) is 0.923. The van der Waals surface area contributed by atoms with Gasteiger partial charge in [0.05, 0.1) is 17.4 Å². The number of nitrogens with one attached hydrogen (secondary N) is 1. The van der Waals surface area contributed by atoms with E-state index in [9.17, 15) is 18.0 Å². The predicted octanol–water partition coefficient (Wildman–Crippen LogP) is 2.90. The van der Waals surface area contributed by atoms with Crippen LogP contribution in [-0.2, 0) is 6.54 Å². The Morgan fingerprint density at radius 2 is 2.24 bits per heavy atom.